The molecule has 0 amide bonds. The zero-order valence-electron chi connectivity index (χ0n) is 12.6. The Balaban J connectivity index is 2.69. The first-order chi connectivity index (χ1) is 10.6. The van der Waals surface area contributed by atoms with Gasteiger partial charge in [0.15, 0.2) is 6.10 Å². The van der Waals surface area contributed by atoms with Crippen LogP contribution >= 0.6 is 0 Å². The van der Waals surface area contributed by atoms with E-state index in [1.807, 2.05) is 31.2 Å². The van der Waals surface area contributed by atoms with E-state index < -0.39 is 27.7 Å². The highest BCUT2D eigenvalue weighted by Crippen LogP contribution is 2.27. The Labute approximate surface area is 132 Å². The van der Waals surface area contributed by atoms with Crippen LogP contribution < -0.4 is 0 Å². The summed E-state index contributed by atoms with van der Waals surface area (Å²) in [5.74, 6) is -1.17. The SMILES string of the molecule is COC(=O)C(CCCc1ccc(C)cc1)OS(=O)(=O)C(F)(F)F. The second-order valence-corrected chi connectivity index (χ2v) is 6.45. The molecule has 5 nitrogen and oxygen atoms in total. The van der Waals surface area contributed by atoms with Crippen LogP contribution in [0.2, 0.25) is 0 Å². The van der Waals surface area contributed by atoms with Crippen molar-refractivity contribution < 1.29 is 35.3 Å². The summed E-state index contributed by atoms with van der Waals surface area (Å²) in [7, 11) is -4.91. The van der Waals surface area contributed by atoms with Gasteiger partial charge in [-0.1, -0.05) is 29.8 Å². The minimum atomic E-state index is -5.85. The van der Waals surface area contributed by atoms with Gasteiger partial charge in [0.1, 0.15) is 0 Å². The highest BCUT2D eigenvalue weighted by atomic mass is 32.2. The Bertz CT molecular complexity index is 623. The van der Waals surface area contributed by atoms with Gasteiger partial charge in [-0.3, -0.25) is 0 Å². The number of methoxy groups -OCH3 is 1. The predicted molar refractivity (Wildman–Crippen MR) is 76.0 cm³/mol. The summed E-state index contributed by atoms with van der Waals surface area (Å²) in [6, 6.07) is 7.43. The molecule has 0 N–H and O–H groups in total. The first-order valence-electron chi connectivity index (χ1n) is 6.70. The lowest BCUT2D eigenvalue weighted by molar-refractivity contribution is -0.149. The van der Waals surface area contributed by atoms with Crippen LogP contribution in [0.4, 0.5) is 13.2 Å². The zero-order chi connectivity index (χ0) is 17.7. The normalized spacial score (nSPS) is 13.6. The fourth-order valence-corrected chi connectivity index (χ4v) is 2.38. The van der Waals surface area contributed by atoms with Crippen LogP contribution in [0.15, 0.2) is 24.3 Å². The zero-order valence-corrected chi connectivity index (χ0v) is 13.4. The van der Waals surface area contributed by atoms with Crippen molar-refractivity contribution in [1.82, 2.24) is 0 Å². The van der Waals surface area contributed by atoms with Crippen molar-refractivity contribution in [2.24, 2.45) is 0 Å². The van der Waals surface area contributed by atoms with Crippen molar-refractivity contribution in [3.8, 4) is 0 Å². The van der Waals surface area contributed by atoms with Crippen LogP contribution in [-0.2, 0) is 30.3 Å². The maximum Gasteiger partial charge on any atom is 0.523 e. The first kappa shape index (κ1) is 19.4. The third-order valence-corrected chi connectivity index (χ3v) is 4.10. The molecule has 1 rings (SSSR count). The summed E-state index contributed by atoms with van der Waals surface area (Å²) in [4.78, 5) is 11.4. The van der Waals surface area contributed by atoms with E-state index in [-0.39, 0.29) is 12.8 Å². The number of carbonyl (C=O) groups excluding carboxylic acids is 1. The molecule has 130 valence electrons. The summed E-state index contributed by atoms with van der Waals surface area (Å²) < 4.78 is 67.2. The van der Waals surface area contributed by atoms with E-state index in [1.165, 1.54) is 0 Å². The van der Waals surface area contributed by atoms with Gasteiger partial charge in [0.05, 0.1) is 7.11 Å². The second-order valence-electron chi connectivity index (χ2n) is 4.89. The molecular weight excluding hydrogens is 337 g/mol. The minimum absolute atomic E-state index is 0.212. The summed E-state index contributed by atoms with van der Waals surface area (Å²) in [6.07, 6.45) is -1.31. The minimum Gasteiger partial charge on any atom is -0.467 e. The van der Waals surface area contributed by atoms with Crippen LogP contribution in [0.5, 0.6) is 0 Å². The second kappa shape index (κ2) is 7.78. The standard InChI is InChI=1S/C14H17F3O5S/c1-10-6-8-11(9-7-10)4-3-5-12(13(18)21-2)22-23(19,20)14(15,16)17/h6-9,12H,3-5H2,1-2H3. The quantitative estimate of drug-likeness (QED) is 0.428. The van der Waals surface area contributed by atoms with Crippen molar-refractivity contribution >= 4 is 16.1 Å². The monoisotopic (exact) mass is 354 g/mol. The van der Waals surface area contributed by atoms with Gasteiger partial charge in [-0.15, -0.1) is 0 Å². The molecule has 0 bridgehead atoms. The molecule has 0 spiro atoms. The number of ether oxygens (including phenoxy) is 1. The number of hydrogen-bond acceptors (Lipinski definition) is 5. The first-order valence-corrected chi connectivity index (χ1v) is 8.10. The molecule has 9 heteroatoms. The van der Waals surface area contributed by atoms with Crippen molar-refractivity contribution in [2.75, 3.05) is 7.11 Å². The van der Waals surface area contributed by atoms with Gasteiger partial charge in [0, 0.05) is 0 Å². The van der Waals surface area contributed by atoms with E-state index in [2.05, 4.69) is 8.92 Å². The molecule has 0 aliphatic heterocycles. The molecule has 1 aromatic rings. The van der Waals surface area contributed by atoms with Gasteiger partial charge in [0.2, 0.25) is 0 Å². The molecule has 0 aliphatic rings. The molecule has 0 saturated heterocycles. The smallest absolute Gasteiger partial charge is 0.467 e. The van der Waals surface area contributed by atoms with Crippen LogP contribution in [0.25, 0.3) is 0 Å². The Morgan fingerprint density at radius 1 is 1.22 bits per heavy atom. The van der Waals surface area contributed by atoms with Crippen molar-refractivity contribution in [1.29, 1.82) is 0 Å². The van der Waals surface area contributed by atoms with Gasteiger partial charge in [-0.2, -0.15) is 21.6 Å². The Morgan fingerprint density at radius 2 is 1.78 bits per heavy atom. The highest BCUT2D eigenvalue weighted by Gasteiger charge is 2.49. The maximum atomic E-state index is 12.3. The molecule has 0 heterocycles. The maximum absolute atomic E-state index is 12.3. The van der Waals surface area contributed by atoms with Crippen LogP contribution in [-0.4, -0.2) is 33.1 Å². The number of carbonyl (C=O) groups is 1. The van der Waals surface area contributed by atoms with Crippen molar-refractivity contribution in [3.63, 3.8) is 0 Å². The van der Waals surface area contributed by atoms with E-state index >= 15 is 0 Å². The van der Waals surface area contributed by atoms with E-state index in [0.717, 1.165) is 18.2 Å². The molecule has 1 atom stereocenters. The molecule has 0 fully saturated rings. The van der Waals surface area contributed by atoms with Crippen molar-refractivity contribution in [3.05, 3.63) is 35.4 Å². The number of esters is 1. The topological polar surface area (TPSA) is 69.7 Å². The molecule has 1 aromatic carbocycles. The number of aryl methyl sites for hydroxylation is 2. The predicted octanol–water partition coefficient (Wildman–Crippen LogP) is 2.73. The average molecular weight is 354 g/mol. The summed E-state index contributed by atoms with van der Waals surface area (Å²) in [6.45, 7) is 1.91. The van der Waals surface area contributed by atoms with E-state index in [1.54, 1.807) is 0 Å². The van der Waals surface area contributed by atoms with E-state index in [4.69, 9.17) is 0 Å². The lowest BCUT2D eigenvalue weighted by Crippen LogP contribution is -2.34. The van der Waals surface area contributed by atoms with Gasteiger partial charge in [0.25, 0.3) is 0 Å². The lowest BCUT2D eigenvalue weighted by atomic mass is 10.0. The van der Waals surface area contributed by atoms with Gasteiger partial charge in [-0.05, 0) is 31.7 Å². The van der Waals surface area contributed by atoms with Crippen LogP contribution in [0.3, 0.4) is 0 Å². The lowest BCUT2D eigenvalue weighted by Gasteiger charge is -2.16. The molecule has 1 unspecified atom stereocenters. The fraction of sp³-hybridized carbons (Fsp3) is 0.500. The number of alkyl halides is 3. The van der Waals surface area contributed by atoms with E-state index in [0.29, 0.717) is 6.42 Å². The molecule has 0 radical (unpaired) electrons. The van der Waals surface area contributed by atoms with E-state index in [9.17, 15) is 26.4 Å². The molecular formula is C14H17F3O5S. The third-order valence-electron chi connectivity index (χ3n) is 3.04. The summed E-state index contributed by atoms with van der Waals surface area (Å²) in [5, 5.41) is 0. The Morgan fingerprint density at radius 3 is 2.26 bits per heavy atom. The number of rotatable bonds is 7. The largest absolute Gasteiger partial charge is 0.523 e. The summed E-state index contributed by atoms with van der Waals surface area (Å²) in [5.41, 5.74) is -3.62. The third kappa shape index (κ3) is 5.83. The van der Waals surface area contributed by atoms with Crippen LogP contribution in [0, 0.1) is 6.92 Å². The molecule has 0 aliphatic carbocycles. The van der Waals surface area contributed by atoms with Crippen molar-refractivity contribution in [2.45, 2.75) is 37.8 Å². The molecule has 23 heavy (non-hydrogen) atoms. The molecule has 0 saturated carbocycles. The van der Waals surface area contributed by atoms with Gasteiger partial charge >= 0.3 is 21.6 Å². The number of hydrogen-bond donors (Lipinski definition) is 0. The average Bonchev–Trinajstić information content (AvgIpc) is 2.46. The highest BCUT2D eigenvalue weighted by molar-refractivity contribution is 7.87. The number of halogens is 3. The van der Waals surface area contributed by atoms with Crippen LogP contribution in [0.1, 0.15) is 24.0 Å². The summed E-state index contributed by atoms with van der Waals surface area (Å²) >= 11 is 0. The Kier molecular flexibility index (Phi) is 6.57. The molecule has 0 aromatic heterocycles. The Hall–Kier alpha value is -1.61. The van der Waals surface area contributed by atoms with Gasteiger partial charge in [-0.25, -0.2) is 8.98 Å². The van der Waals surface area contributed by atoms with Gasteiger partial charge < -0.3 is 4.74 Å². The fourth-order valence-electron chi connectivity index (χ4n) is 1.79. The number of benzene rings is 1.